The van der Waals surface area contributed by atoms with Gasteiger partial charge in [0, 0.05) is 31.4 Å². The Balaban J connectivity index is 1.86. The van der Waals surface area contributed by atoms with E-state index in [0.29, 0.717) is 37.0 Å². The van der Waals surface area contributed by atoms with Gasteiger partial charge in [-0.25, -0.2) is 4.79 Å². The number of amides is 3. The molecule has 0 spiro atoms. The minimum Gasteiger partial charge on any atom is -0.497 e. The number of hydrogen-bond donors (Lipinski definition) is 2. The number of carbonyl (C=O) groups excluding carboxylic acids is 2. The Morgan fingerprint density at radius 1 is 1.36 bits per heavy atom. The molecule has 1 fully saturated rings. The summed E-state index contributed by atoms with van der Waals surface area (Å²) in [6.45, 7) is 6.10. The van der Waals surface area contributed by atoms with E-state index in [4.69, 9.17) is 4.74 Å². The third-order valence-electron chi connectivity index (χ3n) is 4.42. The average molecular weight is 347 g/mol. The number of methoxy groups -OCH3 is 1. The lowest BCUT2D eigenvalue weighted by atomic mass is 9.97. The second kappa shape index (κ2) is 9.30. The molecule has 0 bridgehead atoms. The van der Waals surface area contributed by atoms with Crippen LogP contribution in [-0.2, 0) is 4.79 Å². The zero-order valence-electron chi connectivity index (χ0n) is 15.4. The van der Waals surface area contributed by atoms with Gasteiger partial charge in [0.15, 0.2) is 0 Å². The maximum Gasteiger partial charge on any atom is 0.321 e. The number of ether oxygens (including phenoxy) is 1. The summed E-state index contributed by atoms with van der Waals surface area (Å²) < 4.78 is 5.17. The number of nitrogens with one attached hydrogen (secondary N) is 2. The van der Waals surface area contributed by atoms with Crippen LogP contribution in [0.4, 0.5) is 10.5 Å². The first-order valence-corrected chi connectivity index (χ1v) is 8.97. The van der Waals surface area contributed by atoms with Gasteiger partial charge in [-0.3, -0.25) is 4.79 Å². The number of piperidine rings is 1. The molecule has 6 nitrogen and oxygen atoms in total. The number of likely N-dealkylation sites (tertiary alicyclic amines) is 1. The van der Waals surface area contributed by atoms with Crippen LogP contribution in [0.15, 0.2) is 24.3 Å². The molecule has 1 saturated heterocycles. The van der Waals surface area contributed by atoms with Gasteiger partial charge in [-0.2, -0.15) is 0 Å². The van der Waals surface area contributed by atoms with Crippen LogP contribution in [0.2, 0.25) is 0 Å². The first-order valence-electron chi connectivity index (χ1n) is 8.97. The number of benzene rings is 1. The van der Waals surface area contributed by atoms with E-state index >= 15 is 0 Å². The van der Waals surface area contributed by atoms with Crippen LogP contribution in [0.1, 0.15) is 33.1 Å². The number of nitrogens with zero attached hydrogens (tertiary/aromatic N) is 1. The molecule has 138 valence electrons. The monoisotopic (exact) mass is 347 g/mol. The maximum atomic E-state index is 12.5. The number of carbonyl (C=O) groups is 2. The Hall–Kier alpha value is -2.24. The van der Waals surface area contributed by atoms with E-state index in [9.17, 15) is 9.59 Å². The summed E-state index contributed by atoms with van der Waals surface area (Å²) in [5, 5.41) is 5.87. The molecule has 1 unspecified atom stereocenters. The normalized spacial score (nSPS) is 17.3. The molecule has 1 aromatic rings. The minimum absolute atomic E-state index is 0.0551. The molecule has 2 rings (SSSR count). The fourth-order valence-electron chi connectivity index (χ4n) is 2.91. The van der Waals surface area contributed by atoms with Gasteiger partial charge in [-0.1, -0.05) is 19.9 Å². The highest BCUT2D eigenvalue weighted by molar-refractivity contribution is 5.90. The van der Waals surface area contributed by atoms with Crippen LogP contribution in [0.3, 0.4) is 0 Å². The van der Waals surface area contributed by atoms with Crippen molar-refractivity contribution >= 4 is 17.6 Å². The summed E-state index contributed by atoms with van der Waals surface area (Å²) in [5.74, 6) is 1.19. The quantitative estimate of drug-likeness (QED) is 0.831. The van der Waals surface area contributed by atoms with Crippen LogP contribution in [-0.4, -0.2) is 43.6 Å². The smallest absolute Gasteiger partial charge is 0.321 e. The van der Waals surface area contributed by atoms with E-state index in [0.717, 1.165) is 19.3 Å². The van der Waals surface area contributed by atoms with Crippen LogP contribution in [0, 0.1) is 11.8 Å². The molecule has 2 N–H and O–H groups in total. The summed E-state index contributed by atoms with van der Waals surface area (Å²) in [6, 6.07) is 7.08. The van der Waals surface area contributed by atoms with E-state index in [1.165, 1.54) is 0 Å². The lowest BCUT2D eigenvalue weighted by Gasteiger charge is -2.32. The van der Waals surface area contributed by atoms with Crippen molar-refractivity contribution in [1.82, 2.24) is 10.2 Å². The van der Waals surface area contributed by atoms with Crippen LogP contribution in [0.25, 0.3) is 0 Å². The van der Waals surface area contributed by atoms with Gasteiger partial charge in [0.25, 0.3) is 0 Å². The second-order valence-electron chi connectivity index (χ2n) is 6.92. The molecule has 0 aliphatic carbocycles. The lowest BCUT2D eigenvalue weighted by Crippen LogP contribution is -2.47. The van der Waals surface area contributed by atoms with Gasteiger partial charge in [-0.15, -0.1) is 0 Å². The number of urea groups is 1. The Morgan fingerprint density at radius 2 is 2.16 bits per heavy atom. The van der Waals surface area contributed by atoms with Crippen LogP contribution >= 0.6 is 0 Å². The summed E-state index contributed by atoms with van der Waals surface area (Å²) in [7, 11) is 1.59. The molecule has 3 amide bonds. The minimum atomic E-state index is -0.173. The lowest BCUT2D eigenvalue weighted by molar-refractivity contribution is -0.126. The molecule has 25 heavy (non-hydrogen) atoms. The van der Waals surface area contributed by atoms with Gasteiger partial charge in [0.2, 0.25) is 5.91 Å². The molecule has 1 atom stereocenters. The average Bonchev–Trinajstić information content (AvgIpc) is 2.61. The largest absolute Gasteiger partial charge is 0.497 e. The highest BCUT2D eigenvalue weighted by atomic mass is 16.5. The fraction of sp³-hybridized carbons (Fsp3) is 0.579. The van der Waals surface area contributed by atoms with E-state index in [1.807, 2.05) is 18.2 Å². The topological polar surface area (TPSA) is 70.7 Å². The first-order chi connectivity index (χ1) is 12.0. The molecule has 1 aromatic carbocycles. The molecule has 1 aliphatic heterocycles. The van der Waals surface area contributed by atoms with E-state index in [2.05, 4.69) is 24.5 Å². The summed E-state index contributed by atoms with van der Waals surface area (Å²) in [4.78, 5) is 26.5. The predicted molar refractivity (Wildman–Crippen MR) is 98.8 cm³/mol. The summed E-state index contributed by atoms with van der Waals surface area (Å²) >= 11 is 0. The SMILES string of the molecule is COc1cccc(NC(=O)N2CCCC(C(=O)NCCC(C)C)C2)c1. The third-order valence-corrected chi connectivity index (χ3v) is 4.42. The van der Waals surface area contributed by atoms with Crippen molar-refractivity contribution in [2.75, 3.05) is 32.1 Å². The highest BCUT2D eigenvalue weighted by Crippen LogP contribution is 2.20. The third kappa shape index (κ3) is 5.96. The summed E-state index contributed by atoms with van der Waals surface area (Å²) in [6.07, 6.45) is 2.64. The van der Waals surface area contributed by atoms with Gasteiger partial charge in [0.1, 0.15) is 5.75 Å². The van der Waals surface area contributed by atoms with Crippen molar-refractivity contribution in [3.05, 3.63) is 24.3 Å². The molecule has 0 saturated carbocycles. The number of hydrogen-bond acceptors (Lipinski definition) is 3. The van der Waals surface area contributed by atoms with Crippen molar-refractivity contribution in [3.8, 4) is 5.75 Å². The Bertz CT molecular complexity index is 589. The van der Waals surface area contributed by atoms with Gasteiger partial charge in [-0.05, 0) is 37.3 Å². The molecular formula is C19H29N3O3. The maximum absolute atomic E-state index is 12.5. The van der Waals surface area contributed by atoms with Crippen molar-refractivity contribution < 1.29 is 14.3 Å². The molecular weight excluding hydrogens is 318 g/mol. The van der Waals surface area contributed by atoms with Crippen molar-refractivity contribution in [2.45, 2.75) is 33.1 Å². The van der Waals surface area contributed by atoms with Crippen molar-refractivity contribution in [1.29, 1.82) is 0 Å². The molecule has 0 aromatic heterocycles. The first kappa shape index (κ1) is 19.1. The predicted octanol–water partition coefficient (Wildman–Crippen LogP) is 3.10. The fourth-order valence-corrected chi connectivity index (χ4v) is 2.91. The molecule has 6 heteroatoms. The van der Waals surface area contributed by atoms with Crippen LogP contribution < -0.4 is 15.4 Å². The van der Waals surface area contributed by atoms with Crippen molar-refractivity contribution in [3.63, 3.8) is 0 Å². The molecule has 0 radical (unpaired) electrons. The number of rotatable bonds is 6. The second-order valence-corrected chi connectivity index (χ2v) is 6.92. The molecule has 1 aliphatic rings. The molecule has 1 heterocycles. The summed E-state index contributed by atoms with van der Waals surface area (Å²) in [5.41, 5.74) is 0.688. The van der Waals surface area contributed by atoms with Crippen molar-refractivity contribution in [2.24, 2.45) is 11.8 Å². The van der Waals surface area contributed by atoms with Gasteiger partial charge < -0.3 is 20.3 Å². The number of anilines is 1. The highest BCUT2D eigenvalue weighted by Gasteiger charge is 2.28. The Morgan fingerprint density at radius 3 is 2.88 bits per heavy atom. The van der Waals surface area contributed by atoms with E-state index < -0.39 is 0 Å². The van der Waals surface area contributed by atoms with E-state index in [1.54, 1.807) is 18.1 Å². The Kier molecular flexibility index (Phi) is 7.10. The standard InChI is InChI=1S/C19H29N3O3/c1-14(2)9-10-20-18(23)15-6-5-11-22(13-15)19(24)21-16-7-4-8-17(12-16)25-3/h4,7-8,12,14-15H,5-6,9-11,13H2,1-3H3,(H,20,23)(H,21,24). The van der Waals surface area contributed by atoms with Gasteiger partial charge >= 0.3 is 6.03 Å². The van der Waals surface area contributed by atoms with E-state index in [-0.39, 0.29) is 17.9 Å². The zero-order valence-corrected chi connectivity index (χ0v) is 15.4. The van der Waals surface area contributed by atoms with Crippen LogP contribution in [0.5, 0.6) is 5.75 Å². The van der Waals surface area contributed by atoms with Gasteiger partial charge in [0.05, 0.1) is 13.0 Å². The Labute approximate surface area is 149 Å². The zero-order chi connectivity index (χ0) is 18.2.